The zero-order valence-corrected chi connectivity index (χ0v) is 10.0. The predicted molar refractivity (Wildman–Crippen MR) is 67.8 cm³/mol. The largest absolute Gasteiger partial charge is 0.484 e. The van der Waals surface area contributed by atoms with Crippen molar-refractivity contribution in [3.05, 3.63) is 29.8 Å². The summed E-state index contributed by atoms with van der Waals surface area (Å²) in [5.41, 5.74) is 0.796. The molecule has 0 aliphatic heterocycles. The Hall–Kier alpha value is -1.95. The maximum atomic E-state index is 11.3. The summed E-state index contributed by atoms with van der Waals surface area (Å²) in [4.78, 5) is 11.3. The molecule has 0 fully saturated rings. The van der Waals surface area contributed by atoms with Crippen LogP contribution >= 0.6 is 0 Å². The van der Waals surface area contributed by atoms with Gasteiger partial charge in [0.25, 0.3) is 5.91 Å². The van der Waals surface area contributed by atoms with Crippen LogP contribution in [0.1, 0.15) is 25.3 Å². The lowest BCUT2D eigenvalue weighted by Gasteiger charge is -2.06. The van der Waals surface area contributed by atoms with Gasteiger partial charge in [0.15, 0.2) is 6.61 Å². The van der Waals surface area contributed by atoms with E-state index >= 15 is 0 Å². The van der Waals surface area contributed by atoms with Crippen LogP contribution in [-0.2, 0) is 4.79 Å². The van der Waals surface area contributed by atoms with Crippen LogP contribution < -0.4 is 10.1 Å². The van der Waals surface area contributed by atoms with Crippen LogP contribution in [0.25, 0.3) is 0 Å². The first-order chi connectivity index (χ1) is 8.26. The van der Waals surface area contributed by atoms with E-state index in [1.165, 1.54) is 0 Å². The number of amides is 1. The van der Waals surface area contributed by atoms with E-state index in [0.717, 1.165) is 18.4 Å². The van der Waals surface area contributed by atoms with Crippen LogP contribution in [0.3, 0.4) is 0 Å². The van der Waals surface area contributed by atoms with Gasteiger partial charge in [-0.3, -0.25) is 4.79 Å². The molecule has 0 radical (unpaired) electrons. The van der Waals surface area contributed by atoms with Crippen LogP contribution in [0.2, 0.25) is 0 Å². The molecule has 0 aliphatic rings. The summed E-state index contributed by atoms with van der Waals surface area (Å²) in [5, 5.41) is 2.78. The molecule has 0 bridgehead atoms. The Balaban J connectivity index is 2.30. The number of unbranched alkanes of at least 4 members (excludes halogenated alkanes) is 1. The van der Waals surface area contributed by atoms with Crippen molar-refractivity contribution in [1.82, 2.24) is 5.32 Å². The third kappa shape index (κ3) is 5.07. The van der Waals surface area contributed by atoms with Crippen molar-refractivity contribution in [3.8, 4) is 18.1 Å². The summed E-state index contributed by atoms with van der Waals surface area (Å²) in [6, 6.07) is 7.08. The van der Waals surface area contributed by atoms with Crippen molar-refractivity contribution in [3.63, 3.8) is 0 Å². The molecule has 1 amide bonds. The molecule has 0 aliphatic carbocycles. The van der Waals surface area contributed by atoms with Crippen molar-refractivity contribution in [2.45, 2.75) is 19.8 Å². The Kier molecular flexibility index (Phi) is 5.67. The molecule has 3 nitrogen and oxygen atoms in total. The van der Waals surface area contributed by atoms with Gasteiger partial charge in [0, 0.05) is 12.1 Å². The fourth-order valence-corrected chi connectivity index (χ4v) is 1.25. The second-order valence-electron chi connectivity index (χ2n) is 3.66. The molecule has 0 atom stereocenters. The molecule has 0 heterocycles. The average Bonchev–Trinajstić information content (AvgIpc) is 2.37. The van der Waals surface area contributed by atoms with Crippen LogP contribution in [0.15, 0.2) is 24.3 Å². The molecule has 3 heteroatoms. The highest BCUT2D eigenvalue weighted by molar-refractivity contribution is 5.77. The molecule has 90 valence electrons. The number of nitrogens with one attached hydrogen (secondary N) is 1. The normalized spacial score (nSPS) is 9.41. The summed E-state index contributed by atoms with van der Waals surface area (Å²) in [5.74, 6) is 3.07. The summed E-state index contributed by atoms with van der Waals surface area (Å²) in [6.07, 6.45) is 7.29. The van der Waals surface area contributed by atoms with Crippen LogP contribution in [0.4, 0.5) is 0 Å². The minimum atomic E-state index is -0.0977. The van der Waals surface area contributed by atoms with Crippen molar-refractivity contribution >= 4 is 5.91 Å². The van der Waals surface area contributed by atoms with E-state index in [2.05, 4.69) is 18.2 Å². The fourth-order valence-electron chi connectivity index (χ4n) is 1.25. The van der Waals surface area contributed by atoms with Gasteiger partial charge in [-0.25, -0.2) is 0 Å². The molecule has 1 aromatic rings. The van der Waals surface area contributed by atoms with Gasteiger partial charge in [-0.1, -0.05) is 19.3 Å². The fraction of sp³-hybridized carbons (Fsp3) is 0.357. The Labute approximate surface area is 102 Å². The van der Waals surface area contributed by atoms with Crippen LogP contribution in [0, 0.1) is 12.3 Å². The van der Waals surface area contributed by atoms with Gasteiger partial charge >= 0.3 is 0 Å². The van der Waals surface area contributed by atoms with E-state index in [1.54, 1.807) is 24.3 Å². The highest BCUT2D eigenvalue weighted by atomic mass is 16.5. The zero-order chi connectivity index (χ0) is 12.5. The lowest BCUT2D eigenvalue weighted by Crippen LogP contribution is -2.29. The molecule has 0 saturated heterocycles. The first kappa shape index (κ1) is 13.1. The summed E-state index contributed by atoms with van der Waals surface area (Å²) in [6.45, 7) is 2.82. The SMILES string of the molecule is C#Cc1ccc(OCC(=O)NCCCC)cc1. The minimum absolute atomic E-state index is 0.0408. The molecule has 0 unspecified atom stereocenters. The third-order valence-electron chi connectivity index (χ3n) is 2.24. The summed E-state index contributed by atoms with van der Waals surface area (Å²) >= 11 is 0. The van der Waals surface area contributed by atoms with Gasteiger partial charge in [0.1, 0.15) is 5.75 Å². The molecule has 17 heavy (non-hydrogen) atoms. The molecule has 1 aromatic carbocycles. The monoisotopic (exact) mass is 231 g/mol. The van der Waals surface area contributed by atoms with E-state index in [0.29, 0.717) is 12.3 Å². The Bertz CT molecular complexity index is 390. The Morgan fingerprint density at radius 1 is 1.41 bits per heavy atom. The second kappa shape index (κ2) is 7.34. The van der Waals surface area contributed by atoms with E-state index in [9.17, 15) is 4.79 Å². The topological polar surface area (TPSA) is 38.3 Å². The minimum Gasteiger partial charge on any atom is -0.484 e. The highest BCUT2D eigenvalue weighted by Crippen LogP contribution is 2.10. The molecule has 1 N–H and O–H groups in total. The molecule has 1 rings (SSSR count). The molecular weight excluding hydrogens is 214 g/mol. The zero-order valence-electron chi connectivity index (χ0n) is 10.0. The molecule has 0 saturated carbocycles. The number of hydrogen-bond acceptors (Lipinski definition) is 2. The number of carbonyl (C=O) groups is 1. The van der Waals surface area contributed by atoms with Crippen LogP contribution in [-0.4, -0.2) is 19.1 Å². The average molecular weight is 231 g/mol. The first-order valence-corrected chi connectivity index (χ1v) is 5.72. The van der Waals surface area contributed by atoms with E-state index < -0.39 is 0 Å². The molecular formula is C14H17NO2. The van der Waals surface area contributed by atoms with E-state index in [-0.39, 0.29) is 12.5 Å². The lowest BCUT2D eigenvalue weighted by molar-refractivity contribution is -0.123. The van der Waals surface area contributed by atoms with Gasteiger partial charge in [0.05, 0.1) is 0 Å². The lowest BCUT2D eigenvalue weighted by atomic mass is 10.2. The Morgan fingerprint density at radius 2 is 2.12 bits per heavy atom. The van der Waals surface area contributed by atoms with Gasteiger partial charge in [-0.05, 0) is 30.7 Å². The number of rotatable bonds is 6. The predicted octanol–water partition coefficient (Wildman–Crippen LogP) is 1.96. The summed E-state index contributed by atoms with van der Waals surface area (Å²) in [7, 11) is 0. The number of carbonyl (C=O) groups excluding carboxylic acids is 1. The molecule has 0 aromatic heterocycles. The van der Waals surface area contributed by atoms with E-state index in [1.807, 2.05) is 0 Å². The number of hydrogen-bond donors (Lipinski definition) is 1. The van der Waals surface area contributed by atoms with Gasteiger partial charge in [-0.2, -0.15) is 0 Å². The second-order valence-corrected chi connectivity index (χ2v) is 3.66. The highest BCUT2D eigenvalue weighted by Gasteiger charge is 2.01. The van der Waals surface area contributed by atoms with Crippen molar-refractivity contribution in [1.29, 1.82) is 0 Å². The maximum Gasteiger partial charge on any atom is 0.257 e. The maximum absolute atomic E-state index is 11.3. The Morgan fingerprint density at radius 3 is 2.71 bits per heavy atom. The van der Waals surface area contributed by atoms with Gasteiger partial charge in [0.2, 0.25) is 0 Å². The third-order valence-corrected chi connectivity index (χ3v) is 2.24. The van der Waals surface area contributed by atoms with Crippen molar-refractivity contribution < 1.29 is 9.53 Å². The number of terminal acetylenes is 1. The first-order valence-electron chi connectivity index (χ1n) is 5.72. The van der Waals surface area contributed by atoms with Crippen molar-refractivity contribution in [2.24, 2.45) is 0 Å². The van der Waals surface area contributed by atoms with Crippen LogP contribution in [0.5, 0.6) is 5.75 Å². The van der Waals surface area contributed by atoms with Gasteiger partial charge < -0.3 is 10.1 Å². The number of benzene rings is 1. The van der Waals surface area contributed by atoms with E-state index in [4.69, 9.17) is 11.2 Å². The van der Waals surface area contributed by atoms with Gasteiger partial charge in [-0.15, -0.1) is 6.42 Å². The molecule has 0 spiro atoms. The standard InChI is InChI=1S/C14H17NO2/c1-3-5-10-15-14(16)11-17-13-8-6-12(4-2)7-9-13/h2,6-9H,3,5,10-11H2,1H3,(H,15,16). The quantitative estimate of drug-likeness (QED) is 0.600. The van der Waals surface area contributed by atoms with Crippen molar-refractivity contribution in [2.75, 3.05) is 13.2 Å². The number of ether oxygens (including phenoxy) is 1. The summed E-state index contributed by atoms with van der Waals surface area (Å²) < 4.78 is 5.32. The smallest absolute Gasteiger partial charge is 0.257 e.